The number of ether oxygens (including phenoxy) is 2. The van der Waals surface area contributed by atoms with Crippen LogP contribution in [0.4, 0.5) is 5.82 Å². The molecule has 4 aliphatic rings. The van der Waals surface area contributed by atoms with Gasteiger partial charge in [0.15, 0.2) is 0 Å². The quantitative estimate of drug-likeness (QED) is 0.474. The Morgan fingerprint density at radius 3 is 2.66 bits per heavy atom. The second kappa shape index (κ2) is 9.81. The summed E-state index contributed by atoms with van der Waals surface area (Å²) >= 11 is 0. The minimum absolute atomic E-state index is 0.0949. The Kier molecular flexibility index (Phi) is 6.29. The van der Waals surface area contributed by atoms with Crippen molar-refractivity contribution in [2.75, 3.05) is 32.0 Å². The number of β-amino-alcohol motifs (C(OH)–C–C–N with tert-alkyl or cyclic N) is 1. The summed E-state index contributed by atoms with van der Waals surface area (Å²) in [6, 6.07) is 8.72. The molecule has 1 aromatic carbocycles. The van der Waals surface area contributed by atoms with E-state index in [0.717, 1.165) is 92.5 Å². The van der Waals surface area contributed by atoms with Crippen molar-refractivity contribution in [2.24, 2.45) is 5.92 Å². The fraction of sp³-hybridized carbons (Fsp3) is 0.600. The number of benzene rings is 1. The van der Waals surface area contributed by atoms with Crippen molar-refractivity contribution in [3.63, 3.8) is 0 Å². The Morgan fingerprint density at radius 2 is 1.92 bits per heavy atom. The lowest BCUT2D eigenvalue weighted by molar-refractivity contribution is -0.0198. The number of fused-ring (bicyclic) bond motifs is 3. The van der Waals surface area contributed by atoms with Gasteiger partial charge in [0.1, 0.15) is 35.7 Å². The topological polar surface area (TPSA) is 98.7 Å². The zero-order chi connectivity index (χ0) is 25.7. The minimum Gasteiger partial charge on any atom is -0.491 e. The van der Waals surface area contributed by atoms with Crippen LogP contribution < -0.4 is 10.5 Å². The number of hydrogen-bond acceptors (Lipinski definition) is 7. The van der Waals surface area contributed by atoms with Crippen molar-refractivity contribution in [3.8, 4) is 16.9 Å². The molecule has 8 heteroatoms. The number of nitrogens with zero attached hydrogens (tertiary/aromatic N) is 4. The molecule has 38 heavy (non-hydrogen) atoms. The molecule has 4 fully saturated rings. The molecule has 3 aromatic rings. The van der Waals surface area contributed by atoms with Crippen LogP contribution in [0.2, 0.25) is 0 Å². The third kappa shape index (κ3) is 4.56. The monoisotopic (exact) mass is 517 g/mol. The molecular formula is C30H39N5O3. The summed E-state index contributed by atoms with van der Waals surface area (Å²) in [6.07, 6.45) is 14.2. The largest absolute Gasteiger partial charge is 0.491 e. The lowest BCUT2D eigenvalue weighted by Crippen LogP contribution is -2.32. The number of aliphatic hydroxyl groups is 1. The van der Waals surface area contributed by atoms with Gasteiger partial charge in [-0.25, -0.2) is 9.97 Å². The number of nitrogen functional groups attached to an aromatic ring is 1. The molecular weight excluding hydrogens is 478 g/mol. The molecule has 2 bridgehead atoms. The minimum atomic E-state index is -0.143. The Bertz CT molecular complexity index is 1290. The highest BCUT2D eigenvalue weighted by atomic mass is 16.6. The first-order valence-electron chi connectivity index (χ1n) is 14.5. The van der Waals surface area contributed by atoms with Gasteiger partial charge >= 0.3 is 0 Å². The Labute approximate surface area is 224 Å². The SMILES string of the molecule is Nc1ncnc2c1c(-c1cccc(OCC34CCC(CC3)O4)c1)cn2C1CCC(CN2CC[C@H](O)C2)CC1. The Balaban J connectivity index is 1.10. The van der Waals surface area contributed by atoms with E-state index in [1.54, 1.807) is 6.33 Å². The lowest BCUT2D eigenvalue weighted by Gasteiger charge is -2.32. The first kappa shape index (κ1) is 24.4. The molecule has 0 unspecified atom stereocenters. The number of rotatable bonds is 7. The molecule has 2 aromatic heterocycles. The number of hydrogen-bond donors (Lipinski definition) is 2. The van der Waals surface area contributed by atoms with Gasteiger partial charge in [-0.2, -0.15) is 0 Å². The summed E-state index contributed by atoms with van der Waals surface area (Å²) in [5.41, 5.74) is 9.40. The summed E-state index contributed by atoms with van der Waals surface area (Å²) in [4.78, 5) is 11.5. The Morgan fingerprint density at radius 1 is 1.08 bits per heavy atom. The summed E-state index contributed by atoms with van der Waals surface area (Å²) in [5.74, 6) is 2.08. The second-order valence-electron chi connectivity index (χ2n) is 12.1. The van der Waals surface area contributed by atoms with Gasteiger partial charge < -0.3 is 29.8 Å². The molecule has 1 saturated carbocycles. The molecule has 0 amide bonds. The third-order valence-electron chi connectivity index (χ3n) is 9.52. The molecule has 3 saturated heterocycles. The van der Waals surface area contributed by atoms with Crippen LogP contribution >= 0.6 is 0 Å². The predicted octanol–water partition coefficient (Wildman–Crippen LogP) is 4.57. The molecule has 3 aliphatic heterocycles. The normalized spacial score (nSPS) is 31.4. The van der Waals surface area contributed by atoms with E-state index >= 15 is 0 Å². The summed E-state index contributed by atoms with van der Waals surface area (Å²) in [5, 5.41) is 10.8. The first-order chi connectivity index (χ1) is 18.6. The van der Waals surface area contributed by atoms with Gasteiger partial charge in [-0.15, -0.1) is 0 Å². The third-order valence-corrected chi connectivity index (χ3v) is 9.52. The average Bonchev–Trinajstić information content (AvgIpc) is 3.72. The lowest BCUT2D eigenvalue weighted by atomic mass is 9.85. The van der Waals surface area contributed by atoms with Crippen molar-refractivity contribution >= 4 is 16.9 Å². The Hall–Kier alpha value is -2.68. The molecule has 7 rings (SSSR count). The van der Waals surface area contributed by atoms with Gasteiger partial charge in [0, 0.05) is 37.4 Å². The number of anilines is 1. The maximum atomic E-state index is 9.88. The highest BCUT2D eigenvalue weighted by Gasteiger charge is 2.46. The van der Waals surface area contributed by atoms with Gasteiger partial charge in [-0.05, 0) is 81.4 Å². The smallest absolute Gasteiger partial charge is 0.146 e. The van der Waals surface area contributed by atoms with Crippen molar-refractivity contribution in [3.05, 3.63) is 36.8 Å². The zero-order valence-corrected chi connectivity index (χ0v) is 22.1. The van der Waals surface area contributed by atoms with Crippen LogP contribution in [0.25, 0.3) is 22.2 Å². The van der Waals surface area contributed by atoms with E-state index in [0.29, 0.717) is 30.5 Å². The van der Waals surface area contributed by atoms with Gasteiger partial charge in [0.05, 0.1) is 17.6 Å². The molecule has 202 valence electrons. The van der Waals surface area contributed by atoms with Crippen LogP contribution in [-0.4, -0.2) is 68.6 Å². The zero-order valence-electron chi connectivity index (χ0n) is 22.1. The standard InChI is InChI=1S/C30H39N5O3/c31-28-27-26(21-2-1-3-25(14-21)37-18-30-11-8-24(38-30)9-12-30)17-35(29(27)33-19-32-28)22-6-4-20(5-7-22)15-34-13-10-23(36)16-34/h1-3,14,17,19-20,22-24,36H,4-13,15-16,18H2,(H2,31,32,33)/t20?,22?,23-,24?,30?/m0/s1. The molecule has 1 aliphatic carbocycles. The van der Waals surface area contributed by atoms with Crippen molar-refractivity contribution in [1.82, 2.24) is 19.4 Å². The average molecular weight is 518 g/mol. The van der Waals surface area contributed by atoms with Gasteiger partial charge in [0.2, 0.25) is 0 Å². The van der Waals surface area contributed by atoms with Crippen LogP contribution in [0.1, 0.15) is 63.8 Å². The molecule has 8 nitrogen and oxygen atoms in total. The molecule has 1 atom stereocenters. The van der Waals surface area contributed by atoms with Crippen molar-refractivity contribution in [2.45, 2.75) is 81.6 Å². The number of aromatic nitrogens is 3. The van der Waals surface area contributed by atoms with Crippen LogP contribution in [-0.2, 0) is 4.74 Å². The number of aliphatic hydroxyl groups excluding tert-OH is 1. The summed E-state index contributed by atoms with van der Waals surface area (Å²) in [7, 11) is 0. The van der Waals surface area contributed by atoms with Crippen molar-refractivity contribution < 1.29 is 14.6 Å². The fourth-order valence-corrected chi connectivity index (χ4v) is 7.41. The predicted molar refractivity (Wildman–Crippen MR) is 147 cm³/mol. The van der Waals surface area contributed by atoms with E-state index in [-0.39, 0.29) is 11.7 Å². The van der Waals surface area contributed by atoms with Crippen LogP contribution in [0.15, 0.2) is 36.8 Å². The number of likely N-dealkylation sites (tertiary alicyclic amines) is 1. The van der Waals surface area contributed by atoms with E-state index in [1.807, 2.05) is 6.07 Å². The van der Waals surface area contributed by atoms with E-state index in [4.69, 9.17) is 20.2 Å². The highest BCUT2D eigenvalue weighted by molar-refractivity contribution is 6.00. The molecule has 0 spiro atoms. The van der Waals surface area contributed by atoms with Crippen LogP contribution in [0.3, 0.4) is 0 Å². The highest BCUT2D eigenvalue weighted by Crippen LogP contribution is 2.44. The molecule has 0 radical (unpaired) electrons. The summed E-state index contributed by atoms with van der Waals surface area (Å²) < 4.78 is 14.9. The fourth-order valence-electron chi connectivity index (χ4n) is 7.41. The van der Waals surface area contributed by atoms with Gasteiger partial charge in [-0.1, -0.05) is 12.1 Å². The van der Waals surface area contributed by atoms with Gasteiger partial charge in [0.25, 0.3) is 0 Å². The molecule has 5 heterocycles. The first-order valence-corrected chi connectivity index (χ1v) is 14.5. The van der Waals surface area contributed by atoms with Crippen LogP contribution in [0.5, 0.6) is 5.75 Å². The summed E-state index contributed by atoms with van der Waals surface area (Å²) in [6.45, 7) is 3.58. The molecule has 3 N–H and O–H groups in total. The van der Waals surface area contributed by atoms with E-state index in [2.05, 4.69) is 38.8 Å². The second-order valence-corrected chi connectivity index (χ2v) is 12.1. The maximum absolute atomic E-state index is 9.88. The van der Waals surface area contributed by atoms with Gasteiger partial charge in [-0.3, -0.25) is 0 Å². The van der Waals surface area contributed by atoms with E-state index in [9.17, 15) is 5.11 Å². The van der Waals surface area contributed by atoms with E-state index < -0.39 is 0 Å². The van der Waals surface area contributed by atoms with E-state index in [1.165, 1.54) is 12.8 Å². The number of nitrogens with two attached hydrogens (primary N) is 1. The maximum Gasteiger partial charge on any atom is 0.146 e. The van der Waals surface area contributed by atoms with Crippen LogP contribution in [0, 0.1) is 5.92 Å². The van der Waals surface area contributed by atoms with Crippen molar-refractivity contribution in [1.29, 1.82) is 0 Å².